The predicted octanol–water partition coefficient (Wildman–Crippen LogP) is 3.86. The van der Waals surface area contributed by atoms with E-state index in [4.69, 9.17) is 0 Å². The molecule has 0 unspecified atom stereocenters. The summed E-state index contributed by atoms with van der Waals surface area (Å²) in [4.78, 5) is 28.2. The van der Waals surface area contributed by atoms with Gasteiger partial charge in [-0.05, 0) is 50.1 Å². The number of hydrazine groups is 1. The number of halogens is 3. The van der Waals surface area contributed by atoms with Gasteiger partial charge >= 0.3 is 12.1 Å². The molecule has 13 nitrogen and oxygen atoms in total. The van der Waals surface area contributed by atoms with E-state index in [1.54, 1.807) is 31.2 Å². The van der Waals surface area contributed by atoms with Gasteiger partial charge in [-0.15, -0.1) is 5.01 Å². The summed E-state index contributed by atoms with van der Waals surface area (Å²) in [5.41, 5.74) is 0.526. The summed E-state index contributed by atoms with van der Waals surface area (Å²) in [6, 6.07) is 11.2. The summed E-state index contributed by atoms with van der Waals surface area (Å²) in [5, 5.41) is 20.1. The maximum absolute atomic E-state index is 13.5. The van der Waals surface area contributed by atoms with Crippen molar-refractivity contribution in [2.75, 3.05) is 13.3 Å². The van der Waals surface area contributed by atoms with Gasteiger partial charge in [0.25, 0.3) is 22.7 Å². The number of alkyl halides is 3. The molecule has 1 N–H and O–H groups in total. The molecule has 4 rings (SSSR count). The highest BCUT2D eigenvalue weighted by Crippen LogP contribution is 2.33. The van der Waals surface area contributed by atoms with E-state index < -0.39 is 46.6 Å². The number of rotatable bonds is 10. The van der Waals surface area contributed by atoms with E-state index in [2.05, 4.69) is 20.0 Å². The molecule has 3 aromatic rings. The van der Waals surface area contributed by atoms with Gasteiger partial charge in [0.2, 0.25) is 5.28 Å². The van der Waals surface area contributed by atoms with E-state index in [1.807, 2.05) is 11.6 Å². The van der Waals surface area contributed by atoms with E-state index in [0.717, 1.165) is 33.5 Å². The number of benzene rings is 2. The second-order valence-corrected chi connectivity index (χ2v) is 11.1. The number of esters is 1. The Hall–Kier alpha value is -4.67. The summed E-state index contributed by atoms with van der Waals surface area (Å²) in [5.74, 6) is -1.58. The van der Waals surface area contributed by atoms with Crippen LogP contribution >= 0.6 is 0 Å². The summed E-state index contributed by atoms with van der Waals surface area (Å²) < 4.78 is 74.0. The highest BCUT2D eigenvalue weighted by molar-refractivity contribution is 7.90. The van der Waals surface area contributed by atoms with Crippen molar-refractivity contribution in [3.8, 4) is 16.9 Å². The second kappa shape index (κ2) is 12.7. The molecule has 2 aromatic carbocycles. The highest BCUT2D eigenvalue weighted by atomic mass is 32.2. The Kier molecular flexibility index (Phi) is 9.22. The number of ether oxygens (including phenoxy) is 1. The fourth-order valence-electron chi connectivity index (χ4n) is 4.21. The van der Waals surface area contributed by atoms with Crippen molar-refractivity contribution in [1.29, 1.82) is 0 Å². The Morgan fingerprint density at radius 1 is 1.16 bits per heavy atom. The summed E-state index contributed by atoms with van der Waals surface area (Å²) in [7, 11) is -4.44. The molecule has 1 aliphatic heterocycles. The lowest BCUT2D eigenvalue weighted by Gasteiger charge is -2.19. The van der Waals surface area contributed by atoms with Crippen LogP contribution in [0.4, 0.5) is 13.2 Å². The van der Waals surface area contributed by atoms with Gasteiger partial charge < -0.3 is 14.8 Å². The van der Waals surface area contributed by atoms with Gasteiger partial charge in [0.15, 0.2) is 11.7 Å². The molecule has 1 aromatic heterocycles. The standard InChI is InChI=1S/C26H27F3N6O7S/c1-3-24(36)41-16-42-32-35(38)33-14-4-5-21(33)25(37)31-43(39,40)20-12-10-19(11-13-20)34-22(15-23(30-34)26(27,28)29)18-8-6-17(2)7-9-18/h6-13,15,21H,3-5,14,16H2,1-2H3,(H,31,37)/b35-32+/t21-/m0/s1. The van der Waals surface area contributed by atoms with Crippen molar-refractivity contribution in [3.05, 3.63) is 71.1 Å². The maximum atomic E-state index is 13.5. The molecule has 0 radical (unpaired) electrons. The molecule has 0 spiro atoms. The first kappa shape index (κ1) is 31.3. The zero-order valence-electron chi connectivity index (χ0n) is 22.9. The molecular formula is C26H27F3N6O7S. The molecule has 1 amide bonds. The highest BCUT2D eigenvalue weighted by Gasteiger charge is 2.39. The lowest BCUT2D eigenvalue weighted by molar-refractivity contribution is -0.712. The molecule has 17 heteroatoms. The minimum absolute atomic E-state index is 0.0244. The van der Waals surface area contributed by atoms with Crippen LogP contribution < -0.4 is 4.72 Å². The summed E-state index contributed by atoms with van der Waals surface area (Å²) in [6.07, 6.45) is -4.11. The number of sulfonamides is 1. The van der Waals surface area contributed by atoms with Gasteiger partial charge in [-0.3, -0.25) is 9.59 Å². The van der Waals surface area contributed by atoms with Crippen LogP contribution in [-0.4, -0.2) is 59.4 Å². The first-order valence-corrected chi connectivity index (χ1v) is 14.4. The van der Waals surface area contributed by atoms with Gasteiger partial charge in [-0.2, -0.15) is 18.3 Å². The van der Waals surface area contributed by atoms with E-state index in [9.17, 15) is 36.4 Å². The van der Waals surface area contributed by atoms with E-state index >= 15 is 0 Å². The van der Waals surface area contributed by atoms with E-state index in [0.29, 0.717) is 12.0 Å². The minimum Gasteiger partial charge on any atom is -0.569 e. The number of nitrogens with one attached hydrogen (secondary N) is 1. The molecule has 2 heterocycles. The zero-order valence-corrected chi connectivity index (χ0v) is 23.8. The number of hydrogen-bond acceptors (Lipinski definition) is 9. The van der Waals surface area contributed by atoms with Crippen molar-refractivity contribution in [1.82, 2.24) is 19.5 Å². The van der Waals surface area contributed by atoms with Crippen molar-refractivity contribution >= 4 is 21.9 Å². The van der Waals surface area contributed by atoms with Crippen molar-refractivity contribution in [3.63, 3.8) is 0 Å². The monoisotopic (exact) mass is 624 g/mol. The van der Waals surface area contributed by atoms with Crippen molar-refractivity contribution in [2.45, 2.75) is 50.2 Å². The first-order chi connectivity index (χ1) is 20.3. The number of carbonyl (C=O) groups is 2. The molecule has 1 saturated heterocycles. The van der Waals surface area contributed by atoms with Crippen LogP contribution in [0.15, 0.2) is 64.8 Å². The molecule has 0 saturated carbocycles. The average Bonchev–Trinajstić information content (AvgIpc) is 3.64. The lowest BCUT2D eigenvalue weighted by Crippen LogP contribution is -2.47. The van der Waals surface area contributed by atoms with E-state index in [1.165, 1.54) is 12.1 Å². The number of carbonyl (C=O) groups excluding carboxylic acids is 2. The SMILES string of the molecule is CCC(=O)OCO/N=[N+](/[O-])N1CCC[C@H]1C(=O)NS(=O)(=O)c1ccc(-n2nc(C(F)(F)F)cc2-c2ccc(C)cc2)cc1. The average molecular weight is 625 g/mol. The van der Waals surface area contributed by atoms with Crippen molar-refractivity contribution < 1.29 is 45.7 Å². The largest absolute Gasteiger partial charge is 0.569 e. The summed E-state index contributed by atoms with van der Waals surface area (Å²) >= 11 is 0. The molecular weight excluding hydrogens is 597 g/mol. The van der Waals surface area contributed by atoms with Crippen LogP contribution in [0, 0.1) is 12.1 Å². The zero-order chi connectivity index (χ0) is 31.4. The number of aromatic nitrogens is 2. The topological polar surface area (TPSA) is 158 Å². The Bertz CT molecular complexity index is 1610. The number of nitrogens with zero attached hydrogens (tertiary/aromatic N) is 5. The summed E-state index contributed by atoms with van der Waals surface area (Å²) in [6.45, 7) is 2.85. The quantitative estimate of drug-likeness (QED) is 0.0883. The third-order valence-corrected chi connectivity index (χ3v) is 7.77. The van der Waals surface area contributed by atoms with Gasteiger partial charge in [0, 0.05) is 12.0 Å². The van der Waals surface area contributed by atoms with Crippen molar-refractivity contribution in [2.24, 2.45) is 5.28 Å². The molecule has 43 heavy (non-hydrogen) atoms. The lowest BCUT2D eigenvalue weighted by atomic mass is 10.1. The van der Waals surface area contributed by atoms with Gasteiger partial charge in [-0.25, -0.2) is 17.8 Å². The number of aryl methyl sites for hydroxylation is 1. The van der Waals surface area contributed by atoms with Crippen LogP contribution in [0.5, 0.6) is 0 Å². The molecule has 1 fully saturated rings. The number of hydrogen-bond donors (Lipinski definition) is 1. The van der Waals surface area contributed by atoms with Crippen LogP contribution in [0.2, 0.25) is 0 Å². The van der Waals surface area contributed by atoms with Gasteiger partial charge in [0.05, 0.1) is 27.8 Å². The van der Waals surface area contributed by atoms with Gasteiger partial charge in [-0.1, -0.05) is 36.8 Å². The fraction of sp³-hybridized carbons (Fsp3) is 0.346. The van der Waals surface area contributed by atoms with E-state index in [-0.39, 0.29) is 40.6 Å². The molecule has 230 valence electrons. The Labute approximate surface area is 244 Å². The molecule has 1 atom stereocenters. The normalized spacial score (nSPS) is 15.8. The fourth-order valence-corrected chi connectivity index (χ4v) is 5.22. The predicted molar refractivity (Wildman–Crippen MR) is 142 cm³/mol. The van der Waals surface area contributed by atoms with Gasteiger partial charge in [0.1, 0.15) is 0 Å². The van der Waals surface area contributed by atoms with Crippen LogP contribution in [-0.2, 0) is 35.4 Å². The Balaban J connectivity index is 1.50. The third kappa shape index (κ3) is 7.40. The Morgan fingerprint density at radius 2 is 1.84 bits per heavy atom. The number of amides is 1. The maximum Gasteiger partial charge on any atom is 0.435 e. The molecule has 0 bridgehead atoms. The third-order valence-electron chi connectivity index (χ3n) is 6.41. The molecule has 0 aliphatic carbocycles. The second-order valence-electron chi connectivity index (χ2n) is 9.43. The van der Waals surface area contributed by atoms with Crippen LogP contribution in [0.1, 0.15) is 37.4 Å². The smallest absolute Gasteiger partial charge is 0.435 e. The van der Waals surface area contributed by atoms with Crippen LogP contribution in [0.3, 0.4) is 0 Å². The Morgan fingerprint density at radius 3 is 2.47 bits per heavy atom. The first-order valence-electron chi connectivity index (χ1n) is 12.9. The minimum atomic E-state index is -4.71. The van der Waals surface area contributed by atoms with Crippen LogP contribution in [0.25, 0.3) is 16.9 Å². The molecule has 1 aliphatic rings.